The lowest BCUT2D eigenvalue weighted by Crippen LogP contribution is -2.31. The number of imidazole rings is 1. The number of rotatable bonds is 7. The van der Waals surface area contributed by atoms with Gasteiger partial charge in [0.05, 0.1) is 0 Å². The molecule has 114 valence electrons. The summed E-state index contributed by atoms with van der Waals surface area (Å²) in [5.74, 6) is 2.66. The highest BCUT2D eigenvalue weighted by Crippen LogP contribution is 2.30. The van der Waals surface area contributed by atoms with Gasteiger partial charge < -0.3 is 14.6 Å². The van der Waals surface area contributed by atoms with Crippen molar-refractivity contribution in [3.05, 3.63) is 12.4 Å². The first kappa shape index (κ1) is 15.4. The van der Waals surface area contributed by atoms with E-state index in [9.17, 15) is 0 Å². The van der Waals surface area contributed by atoms with Crippen LogP contribution >= 0.6 is 0 Å². The molecule has 0 aliphatic heterocycles. The summed E-state index contributed by atoms with van der Waals surface area (Å²) >= 11 is 0. The maximum atomic E-state index is 5.40. The maximum Gasteiger partial charge on any atom is 0.202 e. The van der Waals surface area contributed by atoms with Crippen LogP contribution in [0.5, 0.6) is 0 Å². The first-order valence-electron chi connectivity index (χ1n) is 8.04. The van der Waals surface area contributed by atoms with E-state index < -0.39 is 0 Å². The van der Waals surface area contributed by atoms with E-state index in [1.54, 1.807) is 0 Å². The predicted molar refractivity (Wildman–Crippen MR) is 82.9 cm³/mol. The van der Waals surface area contributed by atoms with Gasteiger partial charge in [0, 0.05) is 38.2 Å². The highest BCUT2D eigenvalue weighted by molar-refractivity contribution is 5.27. The van der Waals surface area contributed by atoms with Crippen LogP contribution in [0.4, 0.5) is 5.95 Å². The van der Waals surface area contributed by atoms with Crippen molar-refractivity contribution in [2.75, 3.05) is 18.5 Å². The number of nitrogens with zero attached hydrogens (tertiary/aromatic N) is 2. The van der Waals surface area contributed by atoms with E-state index in [1.807, 2.05) is 13.1 Å². The minimum absolute atomic E-state index is 0.571. The van der Waals surface area contributed by atoms with Crippen molar-refractivity contribution in [1.82, 2.24) is 9.55 Å². The molecule has 0 bridgehead atoms. The summed E-state index contributed by atoms with van der Waals surface area (Å²) in [6.07, 6.45) is 8.87. The maximum absolute atomic E-state index is 5.40. The van der Waals surface area contributed by atoms with Gasteiger partial charge in [-0.3, -0.25) is 0 Å². The van der Waals surface area contributed by atoms with Crippen molar-refractivity contribution in [2.24, 2.45) is 11.8 Å². The Morgan fingerprint density at radius 1 is 1.30 bits per heavy atom. The first-order chi connectivity index (χ1) is 9.69. The molecule has 1 aliphatic carbocycles. The normalized spacial score (nSPS) is 26.6. The number of aryl methyl sites for hydroxylation is 1. The van der Waals surface area contributed by atoms with Crippen LogP contribution in [0.15, 0.2) is 12.4 Å². The van der Waals surface area contributed by atoms with Gasteiger partial charge in [0.1, 0.15) is 0 Å². The predicted octanol–water partition coefficient (Wildman–Crippen LogP) is 3.55. The number of ether oxygens (including phenoxy) is 1. The fourth-order valence-electron chi connectivity index (χ4n) is 3.36. The summed E-state index contributed by atoms with van der Waals surface area (Å²) in [5, 5.41) is 3.64. The Kier molecular flexibility index (Phi) is 5.89. The van der Waals surface area contributed by atoms with Crippen LogP contribution in [0.2, 0.25) is 0 Å². The van der Waals surface area contributed by atoms with E-state index in [1.165, 1.54) is 19.3 Å². The molecule has 4 nitrogen and oxygen atoms in total. The molecule has 0 radical (unpaired) electrons. The molecular formula is C16H29N3O. The average Bonchev–Trinajstić information content (AvgIpc) is 2.81. The molecule has 2 atom stereocenters. The standard InChI is InChI=1S/C16H29N3O/c1-4-20-9-5-7-19-8-6-17-16(19)18-15-11-13(2)10-14(3)12-15/h6,8,13-15H,4-5,7,9-12H2,1-3H3,(H,17,18). The topological polar surface area (TPSA) is 39.1 Å². The van der Waals surface area contributed by atoms with Gasteiger partial charge in [0.15, 0.2) is 0 Å². The molecule has 0 spiro atoms. The molecule has 2 rings (SSSR count). The number of nitrogens with one attached hydrogen (secondary N) is 1. The van der Waals surface area contributed by atoms with Crippen LogP contribution < -0.4 is 5.32 Å². The van der Waals surface area contributed by atoms with E-state index in [2.05, 4.69) is 34.9 Å². The Morgan fingerprint density at radius 2 is 2.05 bits per heavy atom. The zero-order chi connectivity index (χ0) is 14.4. The van der Waals surface area contributed by atoms with Gasteiger partial charge in [-0.15, -0.1) is 0 Å². The SMILES string of the molecule is CCOCCCn1ccnc1NC1CC(C)CC(C)C1. The highest BCUT2D eigenvalue weighted by atomic mass is 16.5. The summed E-state index contributed by atoms with van der Waals surface area (Å²) in [4.78, 5) is 4.47. The summed E-state index contributed by atoms with van der Waals surface area (Å²) in [7, 11) is 0. The fraction of sp³-hybridized carbons (Fsp3) is 0.812. The minimum Gasteiger partial charge on any atom is -0.382 e. The molecule has 1 heterocycles. The average molecular weight is 279 g/mol. The Balaban J connectivity index is 1.84. The summed E-state index contributed by atoms with van der Waals surface area (Å²) in [6.45, 7) is 9.35. The van der Waals surface area contributed by atoms with Gasteiger partial charge in [-0.25, -0.2) is 4.98 Å². The third kappa shape index (κ3) is 4.51. The molecule has 4 heteroatoms. The van der Waals surface area contributed by atoms with Crippen LogP contribution in [0.1, 0.15) is 46.5 Å². The van der Waals surface area contributed by atoms with Crippen molar-refractivity contribution >= 4 is 5.95 Å². The van der Waals surface area contributed by atoms with E-state index >= 15 is 0 Å². The molecule has 1 saturated carbocycles. The minimum atomic E-state index is 0.571. The Bertz CT molecular complexity index is 381. The molecule has 0 amide bonds. The summed E-state index contributed by atoms with van der Waals surface area (Å²) in [5.41, 5.74) is 0. The lowest BCUT2D eigenvalue weighted by molar-refractivity contribution is 0.142. The second-order valence-electron chi connectivity index (χ2n) is 6.25. The van der Waals surface area contributed by atoms with Crippen LogP contribution in [-0.4, -0.2) is 28.8 Å². The summed E-state index contributed by atoms with van der Waals surface area (Å²) in [6, 6.07) is 0.571. The zero-order valence-electron chi connectivity index (χ0n) is 13.1. The third-order valence-corrected chi connectivity index (χ3v) is 4.12. The zero-order valence-corrected chi connectivity index (χ0v) is 13.1. The van der Waals surface area contributed by atoms with E-state index in [4.69, 9.17) is 4.74 Å². The van der Waals surface area contributed by atoms with Crippen LogP contribution in [-0.2, 0) is 11.3 Å². The van der Waals surface area contributed by atoms with Gasteiger partial charge in [0.25, 0.3) is 0 Å². The number of hydrogen-bond donors (Lipinski definition) is 1. The van der Waals surface area contributed by atoms with E-state index in [0.717, 1.165) is 44.0 Å². The Labute approximate surface area is 122 Å². The molecule has 1 aliphatic rings. The Hall–Kier alpha value is -1.03. The van der Waals surface area contributed by atoms with Gasteiger partial charge >= 0.3 is 0 Å². The first-order valence-corrected chi connectivity index (χ1v) is 8.04. The highest BCUT2D eigenvalue weighted by Gasteiger charge is 2.24. The summed E-state index contributed by atoms with van der Waals surface area (Å²) < 4.78 is 7.61. The van der Waals surface area contributed by atoms with E-state index in [0.29, 0.717) is 6.04 Å². The van der Waals surface area contributed by atoms with Crippen molar-refractivity contribution in [3.63, 3.8) is 0 Å². The van der Waals surface area contributed by atoms with Crippen LogP contribution in [0.3, 0.4) is 0 Å². The number of anilines is 1. The number of aromatic nitrogens is 2. The second kappa shape index (κ2) is 7.67. The Morgan fingerprint density at radius 3 is 2.75 bits per heavy atom. The molecule has 1 N–H and O–H groups in total. The van der Waals surface area contributed by atoms with Crippen molar-refractivity contribution in [2.45, 2.75) is 59.0 Å². The lowest BCUT2D eigenvalue weighted by Gasteiger charge is -2.32. The molecule has 1 fully saturated rings. The van der Waals surface area contributed by atoms with Gasteiger partial charge in [0.2, 0.25) is 5.95 Å². The quantitative estimate of drug-likeness (QED) is 0.776. The largest absolute Gasteiger partial charge is 0.382 e. The lowest BCUT2D eigenvalue weighted by atomic mass is 9.80. The molecular weight excluding hydrogens is 250 g/mol. The van der Waals surface area contributed by atoms with Crippen molar-refractivity contribution < 1.29 is 4.74 Å². The van der Waals surface area contributed by atoms with Crippen LogP contribution in [0, 0.1) is 11.8 Å². The molecule has 0 aromatic carbocycles. The molecule has 0 saturated heterocycles. The smallest absolute Gasteiger partial charge is 0.202 e. The second-order valence-corrected chi connectivity index (χ2v) is 6.25. The fourth-order valence-corrected chi connectivity index (χ4v) is 3.36. The van der Waals surface area contributed by atoms with Crippen molar-refractivity contribution in [3.8, 4) is 0 Å². The monoisotopic (exact) mass is 279 g/mol. The van der Waals surface area contributed by atoms with Gasteiger partial charge in [-0.1, -0.05) is 13.8 Å². The van der Waals surface area contributed by atoms with Gasteiger partial charge in [-0.2, -0.15) is 0 Å². The molecule has 1 aromatic rings. The molecule has 20 heavy (non-hydrogen) atoms. The third-order valence-electron chi connectivity index (χ3n) is 4.12. The molecule has 2 unspecified atom stereocenters. The van der Waals surface area contributed by atoms with E-state index in [-0.39, 0.29) is 0 Å². The van der Waals surface area contributed by atoms with Gasteiger partial charge in [-0.05, 0) is 44.4 Å². The van der Waals surface area contributed by atoms with Crippen LogP contribution in [0.25, 0.3) is 0 Å². The van der Waals surface area contributed by atoms with Crippen molar-refractivity contribution in [1.29, 1.82) is 0 Å². The molecule has 1 aromatic heterocycles. The number of hydrogen-bond acceptors (Lipinski definition) is 3.